The van der Waals surface area contributed by atoms with Crippen LogP contribution in [-0.4, -0.2) is 27.2 Å². The largest absolute Gasteiger partial charge is 0.309 e. The molecule has 47 heavy (non-hydrogen) atoms. The van der Waals surface area contributed by atoms with Crippen molar-refractivity contribution in [3.8, 4) is 34.2 Å². The quantitative estimate of drug-likeness (QED) is 0.185. The Morgan fingerprint density at radius 1 is 0.489 bits per heavy atom. The highest BCUT2D eigenvalue weighted by atomic mass is 28.3. The molecule has 4 nitrogen and oxygen atoms in total. The van der Waals surface area contributed by atoms with Crippen molar-refractivity contribution in [1.29, 1.82) is 0 Å². The molecule has 0 aliphatic carbocycles. The van der Waals surface area contributed by atoms with Crippen molar-refractivity contribution >= 4 is 62.1 Å². The smallest absolute Gasteiger partial charge is 0.235 e. The van der Waals surface area contributed by atoms with Crippen molar-refractivity contribution in [1.82, 2.24) is 19.1 Å². The van der Waals surface area contributed by atoms with Gasteiger partial charge in [-0.2, -0.15) is 0 Å². The first-order valence-corrected chi connectivity index (χ1v) is 19.2. The zero-order valence-corrected chi connectivity index (χ0v) is 27.1. The third kappa shape index (κ3) is 3.57. The Bertz CT molecular complexity index is 2700. The van der Waals surface area contributed by atoms with Crippen LogP contribution in [0.4, 0.5) is 0 Å². The highest BCUT2D eigenvalue weighted by Crippen LogP contribution is 2.42. The van der Waals surface area contributed by atoms with Gasteiger partial charge in [-0.3, -0.25) is 4.57 Å². The molecule has 1 aliphatic heterocycles. The normalized spacial score (nSPS) is 13.5. The molecule has 3 aromatic heterocycles. The Labute approximate surface area is 273 Å². The molecule has 4 heterocycles. The molecule has 0 fully saturated rings. The minimum atomic E-state index is -2.08. The van der Waals surface area contributed by atoms with E-state index in [2.05, 4.69) is 168 Å². The van der Waals surface area contributed by atoms with E-state index in [1.165, 1.54) is 43.0 Å². The summed E-state index contributed by atoms with van der Waals surface area (Å²) in [4.78, 5) is 11.1. The van der Waals surface area contributed by atoms with Crippen LogP contribution in [-0.2, 0) is 0 Å². The van der Waals surface area contributed by atoms with Crippen LogP contribution in [0, 0.1) is 0 Å². The van der Waals surface area contributed by atoms with E-state index in [0.717, 1.165) is 39.2 Å². The van der Waals surface area contributed by atoms with E-state index in [1.54, 1.807) is 0 Å². The molecule has 0 N–H and O–H groups in total. The van der Waals surface area contributed by atoms with Gasteiger partial charge in [-0.25, -0.2) is 9.97 Å². The Morgan fingerprint density at radius 2 is 1.11 bits per heavy atom. The second kappa shape index (κ2) is 9.61. The summed E-state index contributed by atoms with van der Waals surface area (Å²) in [6, 6.07) is 52.2. The Balaban J connectivity index is 1.40. The van der Waals surface area contributed by atoms with E-state index in [9.17, 15) is 0 Å². The highest BCUT2D eigenvalue weighted by Gasteiger charge is 2.42. The van der Waals surface area contributed by atoms with Gasteiger partial charge < -0.3 is 4.57 Å². The first-order chi connectivity index (χ1) is 23.1. The number of hydrogen-bond acceptors (Lipinski definition) is 2. The fourth-order valence-electron chi connectivity index (χ4n) is 8.08. The molecular formula is C42H30N4Si. The van der Waals surface area contributed by atoms with Crippen molar-refractivity contribution in [2.75, 3.05) is 0 Å². The van der Waals surface area contributed by atoms with E-state index >= 15 is 0 Å². The van der Waals surface area contributed by atoms with Gasteiger partial charge >= 0.3 is 0 Å². The van der Waals surface area contributed by atoms with Gasteiger partial charge in [-0.15, -0.1) is 0 Å². The lowest BCUT2D eigenvalue weighted by Crippen LogP contribution is -2.50. The molecule has 6 aromatic carbocycles. The number of hydrogen-bond donors (Lipinski definition) is 0. The van der Waals surface area contributed by atoms with Gasteiger partial charge in [0.1, 0.15) is 8.07 Å². The monoisotopic (exact) mass is 618 g/mol. The van der Waals surface area contributed by atoms with E-state index in [1.807, 2.05) is 0 Å². The molecule has 0 bridgehead atoms. The zero-order valence-electron chi connectivity index (χ0n) is 26.1. The lowest BCUT2D eigenvalue weighted by atomic mass is 10.1. The van der Waals surface area contributed by atoms with Crippen LogP contribution >= 0.6 is 0 Å². The lowest BCUT2D eigenvalue weighted by Gasteiger charge is -2.22. The lowest BCUT2D eigenvalue weighted by molar-refractivity contribution is 1.00. The average molecular weight is 619 g/mol. The summed E-state index contributed by atoms with van der Waals surface area (Å²) in [7, 11) is -2.08. The van der Waals surface area contributed by atoms with Crippen molar-refractivity contribution < 1.29 is 0 Å². The molecule has 0 amide bonds. The molecule has 0 spiro atoms. The van der Waals surface area contributed by atoms with Crippen molar-refractivity contribution in [3.05, 3.63) is 146 Å². The molecule has 5 heteroatoms. The molecule has 0 saturated carbocycles. The van der Waals surface area contributed by atoms with Crippen LogP contribution < -0.4 is 10.4 Å². The van der Waals surface area contributed by atoms with E-state index in [-0.39, 0.29) is 0 Å². The zero-order chi connectivity index (χ0) is 31.3. The van der Waals surface area contributed by atoms with E-state index in [0.29, 0.717) is 5.95 Å². The van der Waals surface area contributed by atoms with Crippen molar-refractivity contribution in [2.24, 2.45) is 0 Å². The highest BCUT2D eigenvalue weighted by molar-refractivity contribution is 7.04. The van der Waals surface area contributed by atoms with E-state index in [4.69, 9.17) is 9.97 Å². The molecule has 9 aromatic rings. The van der Waals surface area contributed by atoms with Crippen molar-refractivity contribution in [3.63, 3.8) is 0 Å². The predicted molar refractivity (Wildman–Crippen MR) is 198 cm³/mol. The fraction of sp³-hybridized carbons (Fsp3) is 0.0476. The molecule has 0 atom stereocenters. The first-order valence-electron chi connectivity index (χ1n) is 16.2. The fourth-order valence-corrected chi connectivity index (χ4v) is 11.3. The second-order valence-corrected chi connectivity index (χ2v) is 17.3. The number of nitrogens with zero attached hydrogens (tertiary/aromatic N) is 4. The third-order valence-corrected chi connectivity index (χ3v) is 13.6. The first kappa shape index (κ1) is 26.4. The summed E-state index contributed by atoms with van der Waals surface area (Å²) in [6.07, 6.45) is 0. The maximum atomic E-state index is 5.57. The van der Waals surface area contributed by atoms with Gasteiger partial charge in [0.15, 0.2) is 0 Å². The molecule has 1 aliphatic rings. The minimum Gasteiger partial charge on any atom is -0.309 e. The van der Waals surface area contributed by atoms with Gasteiger partial charge in [0.25, 0.3) is 0 Å². The third-order valence-electron chi connectivity index (χ3n) is 10.1. The van der Waals surface area contributed by atoms with Crippen LogP contribution in [0.1, 0.15) is 0 Å². The number of rotatable bonds is 3. The van der Waals surface area contributed by atoms with Gasteiger partial charge in [0.05, 0.1) is 33.5 Å². The minimum absolute atomic E-state index is 0.708. The number of fused-ring (bicyclic) bond motifs is 10. The van der Waals surface area contributed by atoms with Crippen LogP contribution in [0.25, 0.3) is 77.8 Å². The molecule has 0 saturated heterocycles. The SMILES string of the molecule is C[Si]1(C)c2ccccc2-c2nc(-n3c4ccccc4c4ccc5c(c6ccccc6n5-c5ccccc5)c43)nc(-c3ccccc3)c21. The Hall–Kier alpha value is -5.78. The molecular weight excluding hydrogens is 589 g/mol. The van der Waals surface area contributed by atoms with Gasteiger partial charge in [-0.1, -0.05) is 128 Å². The summed E-state index contributed by atoms with van der Waals surface area (Å²) in [5.41, 5.74) is 10.2. The molecule has 0 unspecified atom stereocenters. The van der Waals surface area contributed by atoms with Crippen molar-refractivity contribution in [2.45, 2.75) is 13.1 Å². The average Bonchev–Trinajstić information content (AvgIpc) is 3.72. The molecule has 10 rings (SSSR count). The molecule has 222 valence electrons. The predicted octanol–water partition coefficient (Wildman–Crippen LogP) is 9.14. The Morgan fingerprint density at radius 3 is 1.89 bits per heavy atom. The second-order valence-electron chi connectivity index (χ2n) is 13.0. The molecule has 0 radical (unpaired) electrons. The summed E-state index contributed by atoms with van der Waals surface area (Å²) < 4.78 is 4.71. The summed E-state index contributed by atoms with van der Waals surface area (Å²) >= 11 is 0. The maximum Gasteiger partial charge on any atom is 0.235 e. The van der Waals surface area contributed by atoms with Crippen LogP contribution in [0.5, 0.6) is 0 Å². The van der Waals surface area contributed by atoms with Gasteiger partial charge in [-0.05, 0) is 46.3 Å². The van der Waals surface area contributed by atoms with Crippen LogP contribution in [0.3, 0.4) is 0 Å². The van der Waals surface area contributed by atoms with Crippen LogP contribution in [0.2, 0.25) is 13.1 Å². The summed E-state index contributed by atoms with van der Waals surface area (Å²) in [6.45, 7) is 4.88. The maximum absolute atomic E-state index is 5.57. The topological polar surface area (TPSA) is 35.6 Å². The standard InChI is InChI=1S/C42H30N4Si/c1-47(2)36-24-14-11-21-32(36)39-41(47)38(27-15-5-3-6-16-27)43-42(44-39)46-33-22-12-9-19-29(33)30-25-26-35-37(40(30)46)31-20-10-13-23-34(31)45(35)28-17-7-4-8-18-28/h3-26H,1-2H3. The summed E-state index contributed by atoms with van der Waals surface area (Å²) in [5, 5.41) is 7.56. The number of para-hydroxylation sites is 3. The van der Waals surface area contributed by atoms with Gasteiger partial charge in [0.2, 0.25) is 5.95 Å². The van der Waals surface area contributed by atoms with E-state index < -0.39 is 8.07 Å². The number of aromatic nitrogens is 4. The Kier molecular flexibility index (Phi) is 5.41. The number of benzene rings is 6. The summed E-state index contributed by atoms with van der Waals surface area (Å²) in [5.74, 6) is 0.708. The van der Waals surface area contributed by atoms with Crippen LogP contribution in [0.15, 0.2) is 146 Å². The van der Waals surface area contributed by atoms with Gasteiger partial charge in [0, 0.05) is 32.8 Å².